The summed E-state index contributed by atoms with van der Waals surface area (Å²) in [5, 5.41) is -0.439. The van der Waals surface area contributed by atoms with Crippen molar-refractivity contribution < 1.29 is 9.53 Å². The quantitative estimate of drug-likeness (QED) is 0.520. The maximum absolute atomic E-state index is 11.3. The Bertz CT molecular complexity index is 164. The van der Waals surface area contributed by atoms with Crippen LogP contribution in [0.1, 0.15) is 45.4 Å². The number of ether oxygens (including phenoxy) is 1. The fourth-order valence-corrected chi connectivity index (χ4v) is 1.89. The maximum atomic E-state index is 11.3. The number of halogens is 1. The van der Waals surface area contributed by atoms with Crippen LogP contribution in [-0.2, 0) is 9.53 Å². The van der Waals surface area contributed by atoms with E-state index < -0.39 is 5.38 Å². The van der Waals surface area contributed by atoms with Crippen molar-refractivity contribution in [2.24, 2.45) is 0 Å². The lowest BCUT2D eigenvalue weighted by Crippen LogP contribution is -2.22. The first kappa shape index (κ1) is 10.8. The second-order valence-corrected chi connectivity index (χ2v) is 4.13. The third kappa shape index (κ3) is 3.55. The van der Waals surface area contributed by atoms with E-state index in [2.05, 4.69) is 0 Å². The number of hydrogen-bond acceptors (Lipinski definition) is 2. The molecule has 1 unspecified atom stereocenters. The Morgan fingerprint density at radius 1 is 1.54 bits per heavy atom. The van der Waals surface area contributed by atoms with Gasteiger partial charge in [0, 0.05) is 0 Å². The number of esters is 1. The van der Waals surface area contributed by atoms with Crippen LogP contribution in [0.15, 0.2) is 0 Å². The molecule has 0 aromatic heterocycles. The lowest BCUT2D eigenvalue weighted by atomic mass is 10.2. The van der Waals surface area contributed by atoms with E-state index in [1.165, 1.54) is 12.8 Å². The van der Waals surface area contributed by atoms with E-state index in [0.717, 1.165) is 19.3 Å². The van der Waals surface area contributed by atoms with Gasteiger partial charge in [-0.25, -0.2) is 0 Å². The van der Waals surface area contributed by atoms with Crippen LogP contribution in [0.5, 0.6) is 0 Å². The minimum Gasteiger partial charge on any atom is -0.461 e. The topological polar surface area (TPSA) is 26.3 Å². The molecular weight excluding hydrogens is 188 g/mol. The Kier molecular flexibility index (Phi) is 4.57. The molecule has 2 nitrogen and oxygen atoms in total. The molecule has 13 heavy (non-hydrogen) atoms. The number of carbonyl (C=O) groups is 1. The molecule has 3 heteroatoms. The fraction of sp³-hybridized carbons (Fsp3) is 0.900. The third-order valence-electron chi connectivity index (χ3n) is 2.38. The maximum Gasteiger partial charge on any atom is 0.324 e. The van der Waals surface area contributed by atoms with Crippen LogP contribution >= 0.6 is 11.6 Å². The molecule has 0 spiro atoms. The first-order valence-corrected chi connectivity index (χ1v) is 5.52. The average molecular weight is 205 g/mol. The first-order valence-electron chi connectivity index (χ1n) is 5.08. The summed E-state index contributed by atoms with van der Waals surface area (Å²) in [5.41, 5.74) is 0. The molecule has 1 saturated carbocycles. The van der Waals surface area contributed by atoms with E-state index in [1.54, 1.807) is 0 Å². The second kappa shape index (κ2) is 5.48. The summed E-state index contributed by atoms with van der Waals surface area (Å²) in [7, 11) is 0. The molecule has 0 aromatic rings. The molecule has 1 atom stereocenters. The predicted octanol–water partition coefficient (Wildman–Crippen LogP) is 2.88. The fourth-order valence-electron chi connectivity index (χ4n) is 1.62. The van der Waals surface area contributed by atoms with Crippen LogP contribution in [0.25, 0.3) is 0 Å². The van der Waals surface area contributed by atoms with E-state index in [1.807, 2.05) is 6.92 Å². The van der Waals surface area contributed by atoms with Crippen molar-refractivity contribution in [3.8, 4) is 0 Å². The zero-order valence-electron chi connectivity index (χ0n) is 8.09. The highest BCUT2D eigenvalue weighted by atomic mass is 35.5. The standard InChI is InChI=1S/C10H17ClO2/c1-2-5-9(11)10(12)13-8-6-3-4-7-8/h8-9H,2-7H2,1H3. The van der Waals surface area contributed by atoms with Crippen LogP contribution in [-0.4, -0.2) is 17.5 Å². The molecule has 0 saturated heterocycles. The van der Waals surface area contributed by atoms with Gasteiger partial charge in [-0.15, -0.1) is 11.6 Å². The summed E-state index contributed by atoms with van der Waals surface area (Å²) in [6, 6.07) is 0. The minimum absolute atomic E-state index is 0.144. The van der Waals surface area contributed by atoms with E-state index >= 15 is 0 Å². The minimum atomic E-state index is -0.439. The molecule has 0 aromatic carbocycles. The largest absolute Gasteiger partial charge is 0.461 e. The van der Waals surface area contributed by atoms with Gasteiger partial charge in [-0.05, 0) is 32.1 Å². The highest BCUT2D eigenvalue weighted by Crippen LogP contribution is 2.22. The van der Waals surface area contributed by atoms with Gasteiger partial charge >= 0.3 is 5.97 Å². The molecule has 0 radical (unpaired) electrons. The second-order valence-electron chi connectivity index (χ2n) is 3.60. The smallest absolute Gasteiger partial charge is 0.324 e. The van der Waals surface area contributed by atoms with Crippen molar-refractivity contribution in [1.82, 2.24) is 0 Å². The Labute approximate surface area is 84.6 Å². The molecule has 1 aliphatic rings. The Morgan fingerprint density at radius 2 is 2.15 bits per heavy atom. The highest BCUT2D eigenvalue weighted by Gasteiger charge is 2.23. The van der Waals surface area contributed by atoms with Gasteiger partial charge in [0.05, 0.1) is 0 Å². The number of rotatable bonds is 4. The van der Waals surface area contributed by atoms with Crippen molar-refractivity contribution >= 4 is 17.6 Å². The molecule has 1 rings (SSSR count). The number of alkyl halides is 1. The summed E-state index contributed by atoms with van der Waals surface area (Å²) in [5.74, 6) is -0.226. The van der Waals surface area contributed by atoms with Gasteiger partial charge in [0.1, 0.15) is 11.5 Å². The highest BCUT2D eigenvalue weighted by molar-refractivity contribution is 6.29. The normalized spacial score (nSPS) is 20.2. The van der Waals surface area contributed by atoms with Gasteiger partial charge in [0.25, 0.3) is 0 Å². The van der Waals surface area contributed by atoms with Gasteiger partial charge in [-0.1, -0.05) is 13.3 Å². The van der Waals surface area contributed by atoms with Crippen LogP contribution in [0, 0.1) is 0 Å². The van der Waals surface area contributed by atoms with Crippen molar-refractivity contribution in [2.45, 2.75) is 56.9 Å². The van der Waals surface area contributed by atoms with E-state index in [9.17, 15) is 4.79 Å². The van der Waals surface area contributed by atoms with E-state index in [-0.39, 0.29) is 12.1 Å². The lowest BCUT2D eigenvalue weighted by Gasteiger charge is -2.13. The Balaban J connectivity index is 2.22. The number of hydrogen-bond donors (Lipinski definition) is 0. The van der Waals surface area contributed by atoms with Crippen molar-refractivity contribution in [3.63, 3.8) is 0 Å². The Hall–Kier alpha value is -0.240. The van der Waals surface area contributed by atoms with Crippen molar-refractivity contribution in [3.05, 3.63) is 0 Å². The SMILES string of the molecule is CCCC(Cl)C(=O)OC1CCCC1. The third-order valence-corrected chi connectivity index (χ3v) is 2.78. The van der Waals surface area contributed by atoms with Gasteiger partial charge in [0.15, 0.2) is 0 Å². The molecular formula is C10H17ClO2. The van der Waals surface area contributed by atoms with Crippen LogP contribution in [0.4, 0.5) is 0 Å². The van der Waals surface area contributed by atoms with E-state index in [4.69, 9.17) is 16.3 Å². The molecule has 0 heterocycles. The zero-order valence-corrected chi connectivity index (χ0v) is 8.85. The van der Waals surface area contributed by atoms with Gasteiger partial charge in [-0.2, -0.15) is 0 Å². The van der Waals surface area contributed by atoms with Gasteiger partial charge < -0.3 is 4.74 Å². The summed E-state index contributed by atoms with van der Waals surface area (Å²) in [4.78, 5) is 11.3. The number of carbonyl (C=O) groups excluding carboxylic acids is 1. The van der Waals surface area contributed by atoms with Crippen molar-refractivity contribution in [1.29, 1.82) is 0 Å². The molecule has 76 valence electrons. The summed E-state index contributed by atoms with van der Waals surface area (Å²) >= 11 is 5.84. The molecule has 0 N–H and O–H groups in total. The molecule has 1 aliphatic carbocycles. The van der Waals surface area contributed by atoms with E-state index in [0.29, 0.717) is 6.42 Å². The van der Waals surface area contributed by atoms with Crippen LogP contribution in [0.3, 0.4) is 0 Å². The van der Waals surface area contributed by atoms with Crippen LogP contribution < -0.4 is 0 Å². The zero-order chi connectivity index (χ0) is 9.68. The Morgan fingerprint density at radius 3 is 2.69 bits per heavy atom. The molecule has 1 fully saturated rings. The summed E-state index contributed by atoms with van der Waals surface area (Å²) < 4.78 is 5.25. The monoisotopic (exact) mass is 204 g/mol. The molecule has 0 bridgehead atoms. The first-order chi connectivity index (χ1) is 6.24. The summed E-state index contributed by atoms with van der Waals surface area (Å²) in [6.07, 6.45) is 6.17. The lowest BCUT2D eigenvalue weighted by molar-refractivity contribution is -0.148. The van der Waals surface area contributed by atoms with Gasteiger partial charge in [-0.3, -0.25) is 4.79 Å². The molecule has 0 aliphatic heterocycles. The summed E-state index contributed by atoms with van der Waals surface area (Å²) in [6.45, 7) is 2.01. The van der Waals surface area contributed by atoms with Gasteiger partial charge in [0.2, 0.25) is 0 Å². The molecule has 0 amide bonds. The van der Waals surface area contributed by atoms with Crippen LogP contribution in [0.2, 0.25) is 0 Å². The average Bonchev–Trinajstić information content (AvgIpc) is 2.57. The predicted molar refractivity (Wildman–Crippen MR) is 52.9 cm³/mol. The van der Waals surface area contributed by atoms with Crippen molar-refractivity contribution in [2.75, 3.05) is 0 Å².